The quantitative estimate of drug-likeness (QED) is 0.0183. The molecule has 8 aliphatic rings. The summed E-state index contributed by atoms with van der Waals surface area (Å²) in [5, 5.41) is 113. The minimum absolute atomic E-state index is 0.154. The molecule has 0 unspecified atom stereocenters. The number of sulfonamides is 1. The molecule has 4 fully saturated rings. The summed E-state index contributed by atoms with van der Waals surface area (Å²) < 4.78 is 58.8. The normalized spacial score (nSPS) is 25.3. The molecule has 29 nitrogen and oxygen atoms in total. The number of aliphatic hydroxyl groups is 7. The second-order valence-corrected chi connectivity index (χ2v) is 40.4. The van der Waals surface area contributed by atoms with Crippen molar-refractivity contribution in [1.29, 1.82) is 0 Å². The molecule has 22 atom stereocenters. The predicted octanol–water partition coefficient (Wildman–Crippen LogP) is 12.1. The molecule has 8 aliphatic carbocycles. The molecule has 132 heavy (non-hydrogen) atoms. The summed E-state index contributed by atoms with van der Waals surface area (Å²) in [6, 6.07) is 20.4. The number of aliphatic carboxylic acids is 4. The number of hydrogen-bond acceptors (Lipinski definition) is 22. The number of unbranched alkanes of at least 4 members (excludes halogenated alkanes) is 8. The van der Waals surface area contributed by atoms with Gasteiger partial charge in [-0.15, -0.1) is 0 Å². The molecule has 4 aromatic carbocycles. The maximum Gasteiger partial charge on any atom is 0.341 e. The number of methoxy groups -OCH3 is 2. The number of aliphatic hydroxyl groups excluding tert-OH is 7. The van der Waals surface area contributed by atoms with Gasteiger partial charge in [0.2, 0.25) is 10.0 Å². The Labute approximate surface area is 780 Å². The molecule has 0 aromatic heterocycles. The van der Waals surface area contributed by atoms with E-state index in [0.717, 1.165) is 244 Å². The van der Waals surface area contributed by atoms with Crippen LogP contribution in [0.15, 0.2) is 72.8 Å². The first-order valence-electron chi connectivity index (χ1n) is 48.9. The number of carboxylic acids is 4. The predicted molar refractivity (Wildman–Crippen MR) is 498 cm³/mol. The van der Waals surface area contributed by atoms with E-state index >= 15 is 0 Å². The maximum absolute atomic E-state index is 12.2. The minimum atomic E-state index is -3.61. The Kier molecular flexibility index (Phi) is 44.1. The van der Waals surface area contributed by atoms with Crippen molar-refractivity contribution in [1.82, 2.24) is 15.4 Å². The van der Waals surface area contributed by atoms with Gasteiger partial charge in [-0.2, -0.15) is 0 Å². The Morgan fingerprint density at radius 3 is 1.05 bits per heavy atom. The fourth-order valence-corrected chi connectivity index (χ4v) is 23.2. The van der Waals surface area contributed by atoms with Crippen LogP contribution in [0, 0.1) is 71.0 Å². The lowest BCUT2D eigenvalue weighted by molar-refractivity contribution is -0.147. The van der Waals surface area contributed by atoms with Gasteiger partial charge in [-0.1, -0.05) is 153 Å². The molecular weight excluding hydrogens is 1720 g/mol. The smallest absolute Gasteiger partial charge is 0.341 e. The summed E-state index contributed by atoms with van der Waals surface area (Å²) >= 11 is 0. The second kappa shape index (κ2) is 54.0. The van der Waals surface area contributed by atoms with E-state index in [0.29, 0.717) is 95.6 Å². The van der Waals surface area contributed by atoms with Crippen LogP contribution in [-0.4, -0.2) is 221 Å². The number of amides is 3. The molecule has 4 aromatic rings. The van der Waals surface area contributed by atoms with Crippen molar-refractivity contribution in [2.75, 3.05) is 53.5 Å². The lowest BCUT2D eigenvalue weighted by Gasteiger charge is -2.33. The van der Waals surface area contributed by atoms with Crippen molar-refractivity contribution in [2.24, 2.45) is 71.0 Å². The van der Waals surface area contributed by atoms with Crippen LogP contribution in [-0.2, 0) is 104 Å². The van der Waals surface area contributed by atoms with Crippen LogP contribution in [0.2, 0.25) is 0 Å². The molecule has 4 saturated carbocycles. The van der Waals surface area contributed by atoms with Gasteiger partial charge in [-0.05, 0) is 294 Å². The summed E-state index contributed by atoms with van der Waals surface area (Å²) in [4.78, 5) is 80.0. The van der Waals surface area contributed by atoms with Gasteiger partial charge < -0.3 is 95.2 Å². The first kappa shape index (κ1) is 108. The van der Waals surface area contributed by atoms with E-state index < -0.39 is 89.4 Å². The van der Waals surface area contributed by atoms with E-state index in [9.17, 15) is 72.6 Å². The van der Waals surface area contributed by atoms with Gasteiger partial charge in [-0.3, -0.25) is 23.9 Å². The topological polar surface area (TPSA) is 468 Å². The standard InChI is InChI=1S/C27H39NO8.C26H39NO7.C25H38O5.C24H37NO6S/c1-2-3-4-7-18(29)9-10-19-20-11-16-6-5-8-24(21(16)12-17(20)13-23(19)30)36-15-25(31)28-22(27(34)35)14-26(32)33;1-2-3-4-7-18(29)9-10-19-20-11-16-6-5-8-24(21(16)12-17(20)13-23(19)30)34-15-25(31)27-22(14-28)26(32)33;1-4-5-6-9-19(28-2)11-12-20-21-13-17-8-7-10-23(30-16-25(26)27)22(17)14-18(21)15-24(20)29-3;1-3-4-5-8-18(26)10-11-19-20-12-16-7-6-9-23(21(16)13-17(20)14-22(19)27)31-15-24(28)25-32(2,29)30/h5-6,8,17-20,22-23,29-30H,2-4,7,9-15H2,1H3,(H,28,31)(H,32,33)(H,34,35);5-6,8,17-20,22-23,28-30H,2-4,7,9-15H2,1H3,(H,27,31)(H,32,33);7-8,10,18-21,24H,4-6,9,11-16H2,1-3H3,(H,26,27);6-7,9,17-20,22,26-27H,3-5,8,10-15H2,1-2H3,(H,25,28)/t2*17-,18-,19+,20-,22-,23+;18-,19-,20+,21-,24+;17-,18-,19+,20-,22+/m0000/s1. The zero-order valence-electron chi connectivity index (χ0n) is 78.8. The summed E-state index contributed by atoms with van der Waals surface area (Å²) in [6.45, 7) is 6.59. The SMILES string of the molecule is CCCCC[C@@H](CC[C@@H]1[C@H]2Cc3cccc(OCC(=O)O)c3C[C@H]2C[C@H]1OC)OC.CCCCC[C@H](O)CC[C@@H]1[C@H]2Cc3cccc(OCC(=O)NS(C)(=O)=O)c3C[C@H]2C[C@H]1O.CCCCC[C@H](O)CC[C@@H]1[C@H]2Cc3cccc(OCC(=O)N[C@@H](CC(=O)O)C(=O)O)c3C[C@H]2C[C@H]1O.CCCCC[C@H](O)CC[C@@H]1[C@H]2Cc3cccc(OCC(=O)N[C@@H](CO)C(=O)O)c3C[C@H]2C[C@H]1O. The zero-order chi connectivity index (χ0) is 95.7. The van der Waals surface area contributed by atoms with Gasteiger partial charge in [0, 0.05) is 14.2 Å². The molecule has 0 radical (unpaired) electrons. The molecule has 0 spiro atoms. The van der Waals surface area contributed by atoms with Crippen molar-refractivity contribution in [3.63, 3.8) is 0 Å². The largest absolute Gasteiger partial charge is 0.483 e. The number of ether oxygens (including phenoxy) is 6. The first-order valence-corrected chi connectivity index (χ1v) is 50.8. The number of fused-ring (bicyclic) bond motifs is 8. The highest BCUT2D eigenvalue weighted by atomic mass is 32.2. The van der Waals surface area contributed by atoms with Crippen molar-refractivity contribution < 1.29 is 127 Å². The van der Waals surface area contributed by atoms with Gasteiger partial charge in [0.25, 0.3) is 17.7 Å². The fraction of sp³-hybridized carbons (Fsp3) is 0.696. The molecule has 0 aliphatic heterocycles. The van der Waals surface area contributed by atoms with Gasteiger partial charge in [0.05, 0.1) is 68.1 Å². The van der Waals surface area contributed by atoms with Crippen LogP contribution < -0.4 is 34.3 Å². The summed E-state index contributed by atoms with van der Waals surface area (Å²) in [7, 11) is 0.0776. The van der Waals surface area contributed by atoms with Crippen LogP contribution >= 0.6 is 0 Å². The third-order valence-corrected chi connectivity index (χ3v) is 30.0. The third kappa shape index (κ3) is 32.3. The molecule has 3 amide bonds. The van der Waals surface area contributed by atoms with E-state index in [-0.39, 0.29) is 68.1 Å². The van der Waals surface area contributed by atoms with Crippen LogP contribution in [0.1, 0.15) is 258 Å². The van der Waals surface area contributed by atoms with Crippen molar-refractivity contribution in [2.45, 2.75) is 326 Å². The van der Waals surface area contributed by atoms with Crippen molar-refractivity contribution in [3.8, 4) is 23.0 Å². The molecule has 0 bridgehead atoms. The monoisotopic (exact) mass is 1870 g/mol. The maximum atomic E-state index is 12.2. The number of rotatable bonds is 50. The molecule has 14 N–H and O–H groups in total. The van der Waals surface area contributed by atoms with Gasteiger partial charge in [0.1, 0.15) is 35.1 Å². The van der Waals surface area contributed by atoms with E-state index in [1.54, 1.807) is 6.07 Å². The highest BCUT2D eigenvalue weighted by Crippen LogP contribution is 2.54. The third-order valence-electron chi connectivity index (χ3n) is 29.4. The number of carbonyl (C=O) groups is 7. The highest BCUT2D eigenvalue weighted by molar-refractivity contribution is 7.89. The number of nitrogens with one attached hydrogen (secondary N) is 3. The van der Waals surface area contributed by atoms with Crippen molar-refractivity contribution >= 4 is 51.6 Å². The highest BCUT2D eigenvalue weighted by Gasteiger charge is 2.50. The Morgan fingerprint density at radius 1 is 0.402 bits per heavy atom. The molecule has 0 heterocycles. The Balaban J connectivity index is 0.000000198. The minimum Gasteiger partial charge on any atom is -0.483 e. The average Bonchev–Trinajstić information content (AvgIpc) is 1.53. The van der Waals surface area contributed by atoms with E-state index in [1.165, 1.54) is 30.4 Å². The van der Waals surface area contributed by atoms with Crippen LogP contribution in [0.4, 0.5) is 0 Å². The first-order chi connectivity index (χ1) is 63.3. The Morgan fingerprint density at radius 2 is 0.727 bits per heavy atom. The van der Waals surface area contributed by atoms with Crippen LogP contribution in [0.3, 0.4) is 0 Å². The summed E-state index contributed by atoms with van der Waals surface area (Å²) in [5.74, 6) is -0.186. The second-order valence-electron chi connectivity index (χ2n) is 38.6. The van der Waals surface area contributed by atoms with Crippen molar-refractivity contribution in [3.05, 3.63) is 117 Å². The van der Waals surface area contributed by atoms with E-state index in [1.807, 2.05) is 67.5 Å². The number of hydrogen-bond donors (Lipinski definition) is 14. The number of carboxylic acid groups (broad SMARTS) is 4. The van der Waals surface area contributed by atoms with Gasteiger partial charge >= 0.3 is 23.9 Å². The summed E-state index contributed by atoms with van der Waals surface area (Å²) in [5.41, 5.74) is 9.03. The zero-order valence-corrected chi connectivity index (χ0v) is 79.6. The fourth-order valence-electron chi connectivity index (χ4n) is 22.7. The Hall–Kier alpha value is -8.04. The molecule has 12 rings (SSSR count). The lowest BCUT2D eigenvalue weighted by Crippen LogP contribution is -2.45. The van der Waals surface area contributed by atoms with E-state index in [2.05, 4.69) is 56.5 Å². The number of benzene rings is 4. The lowest BCUT2D eigenvalue weighted by atomic mass is 9.73. The Bertz CT molecular complexity index is 4420. The van der Waals surface area contributed by atoms with E-state index in [4.69, 9.17) is 54.0 Å². The van der Waals surface area contributed by atoms with Crippen LogP contribution in [0.5, 0.6) is 23.0 Å². The molecular formula is C102H153N3O26S. The van der Waals surface area contributed by atoms with Gasteiger partial charge in [-0.25, -0.2) is 22.8 Å². The molecule has 0 saturated heterocycles. The molecule has 30 heteroatoms. The van der Waals surface area contributed by atoms with Crippen LogP contribution in [0.25, 0.3) is 0 Å². The summed E-state index contributed by atoms with van der Waals surface area (Å²) in [6.07, 6.45) is 33.0. The number of carbonyl (C=O) groups excluding carboxylic acids is 3. The molecule has 738 valence electrons. The average molecular weight is 1870 g/mol. The van der Waals surface area contributed by atoms with Gasteiger partial charge in [0.15, 0.2) is 26.4 Å².